The summed E-state index contributed by atoms with van der Waals surface area (Å²) in [7, 11) is 1.58. The van der Waals surface area contributed by atoms with Crippen LogP contribution in [0, 0.1) is 0 Å². The number of fused-ring (bicyclic) bond motifs is 1. The maximum Gasteiger partial charge on any atom is 0.326 e. The first kappa shape index (κ1) is 37.2. The predicted octanol–water partition coefficient (Wildman–Crippen LogP) is 6.66. The summed E-state index contributed by atoms with van der Waals surface area (Å²) in [6.45, 7) is 8.08. The van der Waals surface area contributed by atoms with Crippen LogP contribution in [0.4, 0.5) is 17.1 Å². The molecule has 1 aliphatic rings. The quantitative estimate of drug-likeness (QED) is 0.185. The molecule has 12 heteroatoms. The van der Waals surface area contributed by atoms with Crippen LogP contribution in [-0.2, 0) is 41.7 Å². The van der Waals surface area contributed by atoms with Gasteiger partial charge in [-0.15, -0.1) is 0 Å². The van der Waals surface area contributed by atoms with Crippen molar-refractivity contribution in [2.24, 2.45) is 5.73 Å². The van der Waals surface area contributed by atoms with Gasteiger partial charge in [0.15, 0.2) is 0 Å². The van der Waals surface area contributed by atoms with E-state index in [1.807, 2.05) is 24.3 Å². The average Bonchev–Trinajstić information content (AvgIpc) is 3.05. The van der Waals surface area contributed by atoms with Crippen LogP contribution in [0.2, 0.25) is 10.0 Å². The minimum Gasteiger partial charge on any atom is -0.491 e. The van der Waals surface area contributed by atoms with E-state index in [2.05, 4.69) is 0 Å². The van der Waals surface area contributed by atoms with Crippen molar-refractivity contribution in [3.8, 4) is 0 Å². The molecule has 49 heavy (non-hydrogen) atoms. The molecule has 0 radical (unpaired) electrons. The molecule has 258 valence electrons. The summed E-state index contributed by atoms with van der Waals surface area (Å²) < 4.78 is 11.6. The number of hydrogen-bond acceptors (Lipinski definition) is 7. The molecule has 0 aliphatic carbocycles. The monoisotopic (exact) mass is 706 g/mol. The molecule has 0 unspecified atom stereocenters. The van der Waals surface area contributed by atoms with Gasteiger partial charge < -0.3 is 25.0 Å². The fraction of sp³-hybridized carbons (Fsp3) is 0.297. The number of anilines is 3. The van der Waals surface area contributed by atoms with Crippen LogP contribution in [-0.4, -0.2) is 49.4 Å². The number of esters is 1. The van der Waals surface area contributed by atoms with Gasteiger partial charge in [-0.1, -0.05) is 53.5 Å². The van der Waals surface area contributed by atoms with Crippen molar-refractivity contribution in [2.75, 3.05) is 34.8 Å². The van der Waals surface area contributed by atoms with E-state index < -0.39 is 11.6 Å². The van der Waals surface area contributed by atoms with Crippen LogP contribution in [0.15, 0.2) is 78.2 Å². The number of nitrogens with two attached hydrogens (primary N) is 1. The molecule has 0 fully saturated rings. The molecule has 0 saturated heterocycles. The Morgan fingerprint density at radius 2 is 1.67 bits per heavy atom. The van der Waals surface area contributed by atoms with E-state index in [-0.39, 0.29) is 42.4 Å². The number of para-hydroxylation sites is 1. The van der Waals surface area contributed by atoms with Gasteiger partial charge in [-0.2, -0.15) is 0 Å². The summed E-state index contributed by atoms with van der Waals surface area (Å²) in [4.78, 5) is 54.9. The second kappa shape index (κ2) is 15.7. The van der Waals surface area contributed by atoms with Crippen LogP contribution in [0.5, 0.6) is 0 Å². The third-order valence-corrected chi connectivity index (χ3v) is 8.50. The molecule has 3 amide bonds. The smallest absolute Gasteiger partial charge is 0.326 e. The first-order chi connectivity index (χ1) is 23.1. The predicted molar refractivity (Wildman–Crippen MR) is 193 cm³/mol. The minimum atomic E-state index is -0.673. The number of halogens is 2. The van der Waals surface area contributed by atoms with Gasteiger partial charge in [0.25, 0.3) is 5.91 Å². The normalized spacial score (nSPS) is 12.9. The highest BCUT2D eigenvalue weighted by Gasteiger charge is 2.28. The second-order valence-corrected chi connectivity index (χ2v) is 13.2. The molecule has 3 aromatic rings. The number of amides is 3. The summed E-state index contributed by atoms with van der Waals surface area (Å²) in [5.74, 6) is -0.877. The van der Waals surface area contributed by atoms with Crippen molar-refractivity contribution in [3.63, 3.8) is 0 Å². The Balaban J connectivity index is 1.55. The molecule has 2 N–H and O–H groups in total. The molecule has 0 bridgehead atoms. The zero-order chi connectivity index (χ0) is 36.0. The number of hydrogen-bond donors (Lipinski definition) is 1. The van der Waals surface area contributed by atoms with E-state index in [4.69, 9.17) is 38.4 Å². The fourth-order valence-corrected chi connectivity index (χ4v) is 5.83. The molecule has 0 spiro atoms. The van der Waals surface area contributed by atoms with Gasteiger partial charge in [-0.05, 0) is 75.2 Å². The van der Waals surface area contributed by atoms with Crippen LogP contribution in [0.1, 0.15) is 51.3 Å². The molecule has 1 aliphatic heterocycles. The lowest BCUT2D eigenvalue weighted by Gasteiger charge is -2.31. The van der Waals surface area contributed by atoms with Crippen LogP contribution >= 0.6 is 23.2 Å². The van der Waals surface area contributed by atoms with Gasteiger partial charge in [-0.25, -0.2) is 0 Å². The highest BCUT2D eigenvalue weighted by atomic mass is 35.5. The Hall–Kier alpha value is -4.64. The number of ether oxygens (including phenoxy) is 2. The number of benzene rings is 3. The molecule has 10 nitrogen and oxygen atoms in total. The van der Waals surface area contributed by atoms with Crippen molar-refractivity contribution in [1.82, 2.24) is 0 Å². The van der Waals surface area contributed by atoms with Gasteiger partial charge >= 0.3 is 5.97 Å². The molecule has 0 saturated carbocycles. The Morgan fingerprint density at radius 1 is 1.00 bits per heavy atom. The van der Waals surface area contributed by atoms with Crippen molar-refractivity contribution in [3.05, 3.63) is 105 Å². The van der Waals surface area contributed by atoms with E-state index in [9.17, 15) is 19.2 Å². The Bertz CT molecular complexity index is 1810. The molecular weight excluding hydrogens is 667 g/mol. The number of allylic oxidation sites excluding steroid dienone is 2. The maximum absolute atomic E-state index is 13.7. The molecule has 3 aromatic carbocycles. The van der Waals surface area contributed by atoms with Crippen molar-refractivity contribution in [2.45, 2.75) is 53.2 Å². The number of rotatable bonds is 10. The lowest BCUT2D eigenvalue weighted by Crippen LogP contribution is -2.37. The molecule has 0 atom stereocenters. The van der Waals surface area contributed by atoms with Crippen LogP contribution < -0.4 is 20.4 Å². The first-order valence-electron chi connectivity index (χ1n) is 15.6. The van der Waals surface area contributed by atoms with E-state index in [1.54, 1.807) is 82.1 Å². The number of carbonyl (C=O) groups excluding carboxylic acids is 4. The van der Waals surface area contributed by atoms with Crippen molar-refractivity contribution < 1.29 is 28.7 Å². The van der Waals surface area contributed by atoms with E-state index in [0.717, 1.165) is 11.3 Å². The largest absolute Gasteiger partial charge is 0.491 e. The van der Waals surface area contributed by atoms with E-state index >= 15 is 0 Å². The third-order valence-electron chi connectivity index (χ3n) is 7.72. The molecule has 0 aromatic heterocycles. The summed E-state index contributed by atoms with van der Waals surface area (Å²) in [6.07, 6.45) is 3.57. The van der Waals surface area contributed by atoms with Crippen LogP contribution in [0.25, 0.3) is 6.08 Å². The topological polar surface area (TPSA) is 122 Å². The third kappa shape index (κ3) is 9.08. The summed E-state index contributed by atoms with van der Waals surface area (Å²) >= 11 is 13.2. The fourth-order valence-electron chi connectivity index (χ4n) is 5.23. The van der Waals surface area contributed by atoms with Gasteiger partial charge in [0.05, 0.1) is 28.6 Å². The molecular formula is C37H40Cl2N4O6. The van der Waals surface area contributed by atoms with E-state index in [1.165, 1.54) is 22.8 Å². The Labute approximate surface area is 296 Å². The van der Waals surface area contributed by atoms with E-state index in [0.29, 0.717) is 45.4 Å². The zero-order valence-corrected chi connectivity index (χ0v) is 29.9. The second-order valence-electron chi connectivity index (χ2n) is 12.4. The van der Waals surface area contributed by atoms with Crippen LogP contribution in [0.3, 0.4) is 0 Å². The number of likely N-dealkylation sites (N-methyl/N-ethyl adjacent to an activating group) is 1. The molecule has 1 heterocycles. The number of carbonyl (C=O) groups is 4. The SMILES string of the molecule is CC(=O)N(CC(=O)OC(C)(C)C)c1ccc(C=CC(=O)N2C(C)=C(OCc3c(Cl)ccc(N(C)C(=O)CN)c3Cl)Cc3ccccc32)cc1. The first-order valence-corrected chi connectivity index (χ1v) is 16.3. The lowest BCUT2D eigenvalue weighted by atomic mass is 10.0. The standard InChI is InChI=1S/C37H40Cl2N4O6/c1-23-32(48-22-28-29(38)16-17-31(36(28)39)41(6)34(46)20-40)19-26-9-7-8-10-30(26)43(23)33(45)18-13-25-11-14-27(15-12-25)42(24(2)44)21-35(47)49-37(3,4)5/h7-18H,19-22,40H2,1-6H3. The lowest BCUT2D eigenvalue weighted by molar-refractivity contribution is -0.153. The van der Waals surface area contributed by atoms with Crippen molar-refractivity contribution >= 4 is 70.0 Å². The number of nitrogens with zero attached hydrogens (tertiary/aromatic N) is 3. The van der Waals surface area contributed by atoms with Gasteiger partial charge in [0.2, 0.25) is 11.8 Å². The minimum absolute atomic E-state index is 0.000425. The van der Waals surface area contributed by atoms with Gasteiger partial charge in [0, 0.05) is 42.7 Å². The Morgan fingerprint density at radius 3 is 2.31 bits per heavy atom. The highest BCUT2D eigenvalue weighted by molar-refractivity contribution is 6.38. The maximum atomic E-state index is 13.7. The van der Waals surface area contributed by atoms with Crippen molar-refractivity contribution in [1.29, 1.82) is 0 Å². The highest BCUT2D eigenvalue weighted by Crippen LogP contribution is 2.37. The average molecular weight is 708 g/mol. The van der Waals surface area contributed by atoms with Gasteiger partial charge in [0.1, 0.15) is 24.5 Å². The van der Waals surface area contributed by atoms with Gasteiger partial charge in [-0.3, -0.25) is 24.1 Å². The zero-order valence-electron chi connectivity index (χ0n) is 28.4. The summed E-state index contributed by atoms with van der Waals surface area (Å²) in [5.41, 5.74) is 9.26. The Kier molecular flexibility index (Phi) is 11.9. The summed E-state index contributed by atoms with van der Waals surface area (Å²) in [5, 5.41) is 0.638. The summed E-state index contributed by atoms with van der Waals surface area (Å²) in [6, 6.07) is 17.8. The molecule has 4 rings (SSSR count).